The molecule has 13 heteroatoms. The lowest BCUT2D eigenvalue weighted by molar-refractivity contribution is 0.0646. The molecule has 2 aliphatic rings. The highest BCUT2D eigenvalue weighted by Gasteiger charge is 2.44. The zero-order chi connectivity index (χ0) is 28.8. The molecule has 6 rings (SSSR count). The van der Waals surface area contributed by atoms with E-state index < -0.39 is 15.9 Å². The minimum absolute atomic E-state index is 0.0477. The van der Waals surface area contributed by atoms with Crippen molar-refractivity contribution < 1.29 is 27.1 Å². The van der Waals surface area contributed by atoms with Crippen molar-refractivity contribution in [3.63, 3.8) is 0 Å². The molecule has 41 heavy (non-hydrogen) atoms. The molecular formula is C28H27FN6O5S. The van der Waals surface area contributed by atoms with Crippen molar-refractivity contribution in [2.45, 2.75) is 24.8 Å². The highest BCUT2D eigenvalue weighted by molar-refractivity contribution is 7.89. The Balaban J connectivity index is 1.30. The molecule has 0 bridgehead atoms. The first-order chi connectivity index (χ1) is 19.6. The average Bonchev–Trinajstić information content (AvgIpc) is 3.53. The summed E-state index contributed by atoms with van der Waals surface area (Å²) in [5.74, 6) is -0.597. The zero-order valence-electron chi connectivity index (χ0n) is 22.1. The van der Waals surface area contributed by atoms with Crippen LogP contribution in [0.5, 0.6) is 5.75 Å². The number of halogens is 1. The molecule has 1 spiro atoms. The van der Waals surface area contributed by atoms with E-state index in [1.54, 1.807) is 11.0 Å². The number of nitrogens with zero attached hydrogens (tertiary/aromatic N) is 4. The van der Waals surface area contributed by atoms with Crippen molar-refractivity contribution in [3.05, 3.63) is 89.0 Å². The molecule has 1 fully saturated rings. The molecule has 1 saturated heterocycles. The van der Waals surface area contributed by atoms with Crippen LogP contribution in [0.15, 0.2) is 60.9 Å². The monoisotopic (exact) mass is 578 g/mol. The predicted molar refractivity (Wildman–Crippen MR) is 148 cm³/mol. The van der Waals surface area contributed by atoms with Crippen LogP contribution in [-0.4, -0.2) is 65.7 Å². The van der Waals surface area contributed by atoms with Gasteiger partial charge in [0.25, 0.3) is 11.8 Å². The first-order valence-electron chi connectivity index (χ1n) is 13.0. The standard InChI is InChI=1S/C28H27FN6O5S/c1-41(38,39)33-26(36)20-16-32-35-24(20)31-15-21(25(35)30-14-18-5-3-2-4-6-18)27(37)34-11-9-28(10-12-34)17-40-23-13-19(29)7-8-22(23)28/h2-8,13,15-16,30H,9-12,14,17H2,1H3,(H,33,36). The number of carbonyl (C=O) groups excluding carboxylic acids is 2. The van der Waals surface area contributed by atoms with Gasteiger partial charge in [-0.3, -0.25) is 9.59 Å². The number of fused-ring (bicyclic) bond motifs is 3. The van der Waals surface area contributed by atoms with Gasteiger partial charge in [-0.1, -0.05) is 36.4 Å². The summed E-state index contributed by atoms with van der Waals surface area (Å²) < 4.78 is 46.0. The van der Waals surface area contributed by atoms with E-state index in [-0.39, 0.29) is 33.9 Å². The van der Waals surface area contributed by atoms with E-state index in [0.29, 0.717) is 50.7 Å². The molecule has 0 radical (unpaired) electrons. The Kier molecular flexibility index (Phi) is 6.60. The Labute approximate surface area is 235 Å². The SMILES string of the molecule is CS(=O)(=O)NC(=O)c1cnn2c(NCc3ccccc3)c(C(=O)N3CCC4(CC3)COc3cc(F)ccc34)cnc12. The van der Waals surface area contributed by atoms with Gasteiger partial charge in [0.1, 0.15) is 28.5 Å². The van der Waals surface area contributed by atoms with Crippen molar-refractivity contribution >= 4 is 33.3 Å². The van der Waals surface area contributed by atoms with Gasteiger partial charge in [0.05, 0.1) is 19.1 Å². The largest absolute Gasteiger partial charge is 0.492 e. The third-order valence-electron chi connectivity index (χ3n) is 7.61. The van der Waals surface area contributed by atoms with Gasteiger partial charge in [-0.05, 0) is 24.5 Å². The fourth-order valence-electron chi connectivity index (χ4n) is 5.49. The summed E-state index contributed by atoms with van der Waals surface area (Å²) in [6.45, 7) is 1.71. The highest BCUT2D eigenvalue weighted by atomic mass is 32.2. The second-order valence-corrected chi connectivity index (χ2v) is 12.1. The van der Waals surface area contributed by atoms with Crippen molar-refractivity contribution in [2.24, 2.45) is 0 Å². The van der Waals surface area contributed by atoms with Crippen LogP contribution in [-0.2, 0) is 22.0 Å². The van der Waals surface area contributed by atoms with Crippen molar-refractivity contribution in [2.75, 3.05) is 31.3 Å². The fraction of sp³-hybridized carbons (Fsp3) is 0.286. The van der Waals surface area contributed by atoms with Crippen molar-refractivity contribution in [1.82, 2.24) is 24.2 Å². The van der Waals surface area contributed by atoms with E-state index in [0.717, 1.165) is 17.4 Å². The van der Waals surface area contributed by atoms with Crippen LogP contribution < -0.4 is 14.8 Å². The molecule has 0 aliphatic carbocycles. The molecule has 0 unspecified atom stereocenters. The molecule has 212 valence electrons. The Morgan fingerprint density at radius 2 is 1.83 bits per heavy atom. The molecule has 0 atom stereocenters. The number of hydrogen-bond acceptors (Lipinski definition) is 8. The predicted octanol–water partition coefficient (Wildman–Crippen LogP) is 2.74. The summed E-state index contributed by atoms with van der Waals surface area (Å²) in [6, 6.07) is 14.2. The molecule has 2 aromatic heterocycles. The molecule has 11 nitrogen and oxygen atoms in total. The quantitative estimate of drug-likeness (QED) is 0.357. The lowest BCUT2D eigenvalue weighted by Crippen LogP contribution is -2.46. The summed E-state index contributed by atoms with van der Waals surface area (Å²) in [5.41, 5.74) is 1.95. The van der Waals surface area contributed by atoms with Crippen LogP contribution in [0.1, 0.15) is 44.7 Å². The van der Waals surface area contributed by atoms with E-state index in [1.807, 2.05) is 35.1 Å². The first-order valence-corrected chi connectivity index (χ1v) is 14.9. The number of sulfonamides is 1. The molecule has 2 aromatic carbocycles. The third kappa shape index (κ3) is 5.08. The van der Waals surface area contributed by atoms with E-state index in [4.69, 9.17) is 4.74 Å². The zero-order valence-corrected chi connectivity index (χ0v) is 22.9. The van der Waals surface area contributed by atoms with Gasteiger partial charge in [-0.2, -0.15) is 9.61 Å². The summed E-state index contributed by atoms with van der Waals surface area (Å²) in [4.78, 5) is 32.5. The van der Waals surface area contributed by atoms with Gasteiger partial charge in [0, 0.05) is 42.9 Å². The number of piperidine rings is 1. The normalized spacial score (nSPS) is 15.9. The maximum atomic E-state index is 13.9. The summed E-state index contributed by atoms with van der Waals surface area (Å²) in [7, 11) is -3.81. The maximum absolute atomic E-state index is 13.9. The lowest BCUT2D eigenvalue weighted by atomic mass is 9.74. The Morgan fingerprint density at radius 1 is 1.07 bits per heavy atom. The second-order valence-electron chi connectivity index (χ2n) is 10.4. The third-order valence-corrected chi connectivity index (χ3v) is 8.17. The molecule has 4 aromatic rings. The Hall–Kier alpha value is -4.52. The van der Waals surface area contributed by atoms with Crippen LogP contribution in [0.4, 0.5) is 10.2 Å². The van der Waals surface area contributed by atoms with E-state index >= 15 is 0 Å². The van der Waals surface area contributed by atoms with Crippen LogP contribution >= 0.6 is 0 Å². The number of likely N-dealkylation sites (tertiary alicyclic amines) is 1. The number of anilines is 1. The summed E-state index contributed by atoms with van der Waals surface area (Å²) >= 11 is 0. The molecular weight excluding hydrogens is 551 g/mol. The Morgan fingerprint density at radius 3 is 2.56 bits per heavy atom. The minimum atomic E-state index is -3.81. The van der Waals surface area contributed by atoms with Crippen molar-refractivity contribution in [1.29, 1.82) is 0 Å². The summed E-state index contributed by atoms with van der Waals surface area (Å²) in [5, 5.41) is 7.55. The van der Waals surface area contributed by atoms with E-state index in [1.165, 1.54) is 29.0 Å². The van der Waals surface area contributed by atoms with Crippen LogP contribution in [0.2, 0.25) is 0 Å². The maximum Gasteiger partial charge on any atom is 0.270 e. The number of nitrogens with one attached hydrogen (secondary N) is 2. The van der Waals surface area contributed by atoms with Gasteiger partial charge in [-0.25, -0.2) is 22.5 Å². The first kappa shape index (κ1) is 26.7. The minimum Gasteiger partial charge on any atom is -0.492 e. The Bertz CT molecular complexity index is 1770. The number of carbonyl (C=O) groups is 2. The van der Waals surface area contributed by atoms with Gasteiger partial charge in [-0.15, -0.1) is 0 Å². The van der Waals surface area contributed by atoms with Crippen LogP contribution in [0.25, 0.3) is 5.65 Å². The van der Waals surface area contributed by atoms with E-state index in [2.05, 4.69) is 15.4 Å². The van der Waals surface area contributed by atoms with Crippen molar-refractivity contribution in [3.8, 4) is 5.75 Å². The van der Waals surface area contributed by atoms with Crippen LogP contribution in [0, 0.1) is 5.82 Å². The fourth-order valence-corrected chi connectivity index (χ4v) is 5.94. The number of aromatic nitrogens is 3. The average molecular weight is 579 g/mol. The molecule has 2 aliphatic heterocycles. The van der Waals surface area contributed by atoms with Crippen LogP contribution in [0.3, 0.4) is 0 Å². The number of hydrogen-bond donors (Lipinski definition) is 2. The molecule has 2 amide bonds. The number of benzene rings is 2. The topological polar surface area (TPSA) is 135 Å². The van der Waals surface area contributed by atoms with E-state index in [9.17, 15) is 22.4 Å². The number of ether oxygens (including phenoxy) is 1. The second kappa shape index (κ2) is 10.1. The van der Waals surface area contributed by atoms with Gasteiger partial charge in [0.2, 0.25) is 10.0 Å². The smallest absolute Gasteiger partial charge is 0.270 e. The summed E-state index contributed by atoms with van der Waals surface area (Å²) in [6.07, 6.45) is 4.78. The highest BCUT2D eigenvalue weighted by Crippen LogP contribution is 2.45. The number of rotatable bonds is 6. The van der Waals surface area contributed by atoms with Gasteiger partial charge < -0.3 is 15.0 Å². The van der Waals surface area contributed by atoms with Gasteiger partial charge >= 0.3 is 0 Å². The lowest BCUT2D eigenvalue weighted by Gasteiger charge is -2.38. The molecule has 2 N–H and O–H groups in total. The molecule has 0 saturated carbocycles. The molecule has 4 heterocycles. The number of amides is 2. The van der Waals surface area contributed by atoms with Gasteiger partial charge in [0.15, 0.2) is 5.65 Å².